The lowest BCUT2D eigenvalue weighted by molar-refractivity contribution is -0.128. The van der Waals surface area contributed by atoms with Crippen molar-refractivity contribution in [3.63, 3.8) is 0 Å². The number of aryl methyl sites for hydroxylation is 1. The molecule has 1 aliphatic heterocycles. The number of nitrogens with one attached hydrogen (secondary N) is 1. The molecule has 0 aliphatic carbocycles. The molecule has 1 aromatic carbocycles. The molecule has 2 rings (SSSR count). The Bertz CT molecular complexity index is 479. The third-order valence-electron chi connectivity index (χ3n) is 3.57. The largest absolute Gasteiger partial charge is 0.315 e. The van der Waals surface area contributed by atoms with Gasteiger partial charge in [-0.05, 0) is 37.9 Å². The molecule has 0 saturated carbocycles. The van der Waals surface area contributed by atoms with Crippen LogP contribution in [0, 0.1) is 6.92 Å². The SMILES string of the molecule is CC(=O)N(C(=O)c1ccccc1C)C1CCCNC1. The van der Waals surface area contributed by atoms with Crippen molar-refractivity contribution < 1.29 is 9.59 Å². The van der Waals surface area contributed by atoms with Gasteiger partial charge in [0.25, 0.3) is 5.91 Å². The second kappa shape index (κ2) is 5.97. The van der Waals surface area contributed by atoms with Gasteiger partial charge in [-0.3, -0.25) is 14.5 Å². The van der Waals surface area contributed by atoms with Crippen molar-refractivity contribution in [1.82, 2.24) is 10.2 Å². The standard InChI is InChI=1S/C15H20N2O2/c1-11-6-3-4-8-14(11)15(19)17(12(2)18)13-7-5-9-16-10-13/h3-4,6,8,13,16H,5,7,9-10H2,1-2H3. The van der Waals surface area contributed by atoms with Gasteiger partial charge in [0.2, 0.25) is 5.91 Å². The normalized spacial score (nSPS) is 18.9. The monoisotopic (exact) mass is 260 g/mol. The van der Waals surface area contributed by atoms with Gasteiger partial charge in [0.15, 0.2) is 0 Å². The van der Waals surface area contributed by atoms with Gasteiger partial charge in [-0.15, -0.1) is 0 Å². The van der Waals surface area contributed by atoms with Crippen LogP contribution in [0.4, 0.5) is 0 Å². The van der Waals surface area contributed by atoms with Gasteiger partial charge in [-0.1, -0.05) is 18.2 Å². The van der Waals surface area contributed by atoms with Crippen LogP contribution in [0.5, 0.6) is 0 Å². The van der Waals surface area contributed by atoms with E-state index in [1.54, 1.807) is 6.07 Å². The Morgan fingerprint density at radius 2 is 2.05 bits per heavy atom. The van der Waals surface area contributed by atoms with Crippen molar-refractivity contribution in [3.05, 3.63) is 35.4 Å². The molecule has 1 fully saturated rings. The number of amides is 2. The van der Waals surface area contributed by atoms with Crippen molar-refractivity contribution in [2.45, 2.75) is 32.7 Å². The molecule has 1 unspecified atom stereocenters. The first kappa shape index (κ1) is 13.7. The lowest BCUT2D eigenvalue weighted by Gasteiger charge is -2.32. The highest BCUT2D eigenvalue weighted by Crippen LogP contribution is 2.17. The molecule has 102 valence electrons. The number of nitrogens with zero attached hydrogens (tertiary/aromatic N) is 1. The van der Waals surface area contributed by atoms with Crippen LogP contribution >= 0.6 is 0 Å². The minimum atomic E-state index is -0.181. The van der Waals surface area contributed by atoms with Crippen LogP contribution in [0.15, 0.2) is 24.3 Å². The fourth-order valence-electron chi connectivity index (χ4n) is 2.56. The summed E-state index contributed by atoms with van der Waals surface area (Å²) in [6.45, 7) is 5.01. The molecule has 4 nitrogen and oxygen atoms in total. The number of imide groups is 1. The predicted molar refractivity (Wildman–Crippen MR) is 73.9 cm³/mol. The minimum Gasteiger partial charge on any atom is -0.315 e. The molecule has 2 amide bonds. The molecule has 1 aliphatic rings. The summed E-state index contributed by atoms with van der Waals surface area (Å²) < 4.78 is 0. The molecule has 1 atom stereocenters. The summed E-state index contributed by atoms with van der Waals surface area (Å²) in [5.74, 6) is -0.360. The van der Waals surface area contributed by atoms with Gasteiger partial charge in [0.1, 0.15) is 0 Å². The number of carbonyl (C=O) groups excluding carboxylic acids is 2. The van der Waals surface area contributed by atoms with Gasteiger partial charge < -0.3 is 5.32 Å². The van der Waals surface area contributed by atoms with E-state index in [4.69, 9.17) is 0 Å². The Morgan fingerprint density at radius 3 is 2.63 bits per heavy atom. The Balaban J connectivity index is 2.26. The fraction of sp³-hybridized carbons (Fsp3) is 0.467. The Morgan fingerprint density at radius 1 is 1.32 bits per heavy atom. The molecule has 1 N–H and O–H groups in total. The number of rotatable bonds is 2. The molecule has 4 heteroatoms. The summed E-state index contributed by atoms with van der Waals surface area (Å²) in [4.78, 5) is 25.8. The average molecular weight is 260 g/mol. The van der Waals surface area contributed by atoms with Crippen LogP contribution in [0.1, 0.15) is 35.7 Å². The van der Waals surface area contributed by atoms with Gasteiger partial charge in [0, 0.05) is 19.0 Å². The molecule has 1 saturated heterocycles. The number of hydrogen-bond acceptors (Lipinski definition) is 3. The highest BCUT2D eigenvalue weighted by molar-refractivity contribution is 6.05. The Labute approximate surface area is 113 Å². The predicted octanol–water partition coefficient (Wildman–Crippen LogP) is 1.74. The third-order valence-corrected chi connectivity index (χ3v) is 3.57. The van der Waals surface area contributed by atoms with E-state index in [0.717, 1.165) is 24.9 Å². The van der Waals surface area contributed by atoms with Crippen molar-refractivity contribution in [2.75, 3.05) is 13.1 Å². The van der Waals surface area contributed by atoms with E-state index >= 15 is 0 Å². The molecule has 19 heavy (non-hydrogen) atoms. The molecule has 0 radical (unpaired) electrons. The molecule has 1 aromatic rings. The van der Waals surface area contributed by atoms with E-state index < -0.39 is 0 Å². The zero-order valence-electron chi connectivity index (χ0n) is 11.5. The Hall–Kier alpha value is -1.68. The molecular weight excluding hydrogens is 240 g/mol. The molecule has 0 aromatic heterocycles. The van der Waals surface area contributed by atoms with Gasteiger partial charge in [-0.2, -0.15) is 0 Å². The summed E-state index contributed by atoms with van der Waals surface area (Å²) in [7, 11) is 0. The summed E-state index contributed by atoms with van der Waals surface area (Å²) in [5, 5.41) is 3.25. The number of carbonyl (C=O) groups is 2. The number of piperidine rings is 1. The fourth-order valence-corrected chi connectivity index (χ4v) is 2.56. The second-order valence-corrected chi connectivity index (χ2v) is 5.01. The van der Waals surface area contributed by atoms with Gasteiger partial charge in [0.05, 0.1) is 6.04 Å². The number of benzene rings is 1. The first-order valence-electron chi connectivity index (χ1n) is 6.71. The smallest absolute Gasteiger partial charge is 0.261 e. The highest BCUT2D eigenvalue weighted by atomic mass is 16.2. The average Bonchev–Trinajstić information content (AvgIpc) is 2.40. The third kappa shape index (κ3) is 3.01. The zero-order valence-corrected chi connectivity index (χ0v) is 11.5. The first-order chi connectivity index (χ1) is 9.11. The summed E-state index contributed by atoms with van der Waals surface area (Å²) in [5.41, 5.74) is 1.52. The Kier molecular flexibility index (Phi) is 4.32. The lowest BCUT2D eigenvalue weighted by Crippen LogP contribution is -2.50. The van der Waals surface area contributed by atoms with Crippen molar-refractivity contribution >= 4 is 11.8 Å². The maximum Gasteiger partial charge on any atom is 0.261 e. The first-order valence-corrected chi connectivity index (χ1v) is 6.71. The van der Waals surface area contributed by atoms with Crippen molar-refractivity contribution in [2.24, 2.45) is 0 Å². The van der Waals surface area contributed by atoms with Crippen molar-refractivity contribution in [1.29, 1.82) is 0 Å². The van der Waals surface area contributed by atoms with E-state index in [1.165, 1.54) is 11.8 Å². The molecular formula is C15H20N2O2. The zero-order chi connectivity index (χ0) is 13.8. The van der Waals surface area contributed by atoms with E-state index in [0.29, 0.717) is 12.1 Å². The van der Waals surface area contributed by atoms with Crippen LogP contribution in [0.2, 0.25) is 0 Å². The van der Waals surface area contributed by atoms with E-state index in [9.17, 15) is 9.59 Å². The van der Waals surface area contributed by atoms with Crippen molar-refractivity contribution in [3.8, 4) is 0 Å². The van der Waals surface area contributed by atoms with Crippen LogP contribution < -0.4 is 5.32 Å². The van der Waals surface area contributed by atoms with Crippen LogP contribution in [0.3, 0.4) is 0 Å². The quantitative estimate of drug-likeness (QED) is 0.881. The molecule has 0 bridgehead atoms. The molecule has 1 heterocycles. The number of hydrogen-bond donors (Lipinski definition) is 1. The maximum atomic E-state index is 12.6. The van der Waals surface area contributed by atoms with E-state index in [-0.39, 0.29) is 17.9 Å². The second-order valence-electron chi connectivity index (χ2n) is 5.01. The van der Waals surface area contributed by atoms with Gasteiger partial charge >= 0.3 is 0 Å². The lowest BCUT2D eigenvalue weighted by atomic mass is 10.0. The van der Waals surface area contributed by atoms with Gasteiger partial charge in [-0.25, -0.2) is 0 Å². The van der Waals surface area contributed by atoms with Crippen LogP contribution in [-0.2, 0) is 4.79 Å². The van der Waals surface area contributed by atoms with Crippen LogP contribution in [-0.4, -0.2) is 35.8 Å². The summed E-state index contributed by atoms with van der Waals surface area (Å²) in [6, 6.07) is 7.37. The summed E-state index contributed by atoms with van der Waals surface area (Å²) in [6.07, 6.45) is 1.87. The minimum absolute atomic E-state index is 0.0293. The topological polar surface area (TPSA) is 49.4 Å². The highest BCUT2D eigenvalue weighted by Gasteiger charge is 2.29. The summed E-state index contributed by atoms with van der Waals surface area (Å²) >= 11 is 0. The maximum absolute atomic E-state index is 12.6. The molecule has 0 spiro atoms. The van der Waals surface area contributed by atoms with E-state index in [2.05, 4.69) is 5.32 Å². The van der Waals surface area contributed by atoms with Crippen LogP contribution in [0.25, 0.3) is 0 Å². The van der Waals surface area contributed by atoms with E-state index in [1.807, 2.05) is 25.1 Å².